The second kappa shape index (κ2) is 13.7. The van der Waals surface area contributed by atoms with Gasteiger partial charge >= 0.3 is 11.9 Å². The molecule has 196 valence electrons. The van der Waals surface area contributed by atoms with Crippen molar-refractivity contribution in [2.45, 2.75) is 59.2 Å². The van der Waals surface area contributed by atoms with Gasteiger partial charge in [0.1, 0.15) is 23.7 Å². The maximum atomic E-state index is 12.9. The van der Waals surface area contributed by atoms with Gasteiger partial charge in [-0.1, -0.05) is 31.9 Å². The molecule has 0 saturated heterocycles. The van der Waals surface area contributed by atoms with E-state index in [-0.39, 0.29) is 23.6 Å². The molecule has 0 aliphatic heterocycles. The highest BCUT2D eigenvalue weighted by Gasteiger charge is 2.29. The molecule has 0 fully saturated rings. The van der Waals surface area contributed by atoms with Gasteiger partial charge in [0.05, 0.1) is 25.2 Å². The van der Waals surface area contributed by atoms with Gasteiger partial charge in [0.2, 0.25) is 5.75 Å². The SMILES string of the molecule is CCC[C@@H](Oc1ccc(Cl)c(OC)c1)[C@H](C)OC(=O)[C@H](C)CC(=O)c1nccc(OC)c1OC(C)=O. The lowest BCUT2D eigenvalue weighted by molar-refractivity contribution is -0.157. The van der Waals surface area contributed by atoms with Gasteiger partial charge in [-0.25, -0.2) is 4.98 Å². The number of esters is 2. The number of ketones is 1. The van der Waals surface area contributed by atoms with Gasteiger partial charge in [-0.2, -0.15) is 0 Å². The molecule has 10 heteroatoms. The number of benzene rings is 1. The van der Waals surface area contributed by atoms with E-state index in [1.165, 1.54) is 33.4 Å². The number of halogens is 1. The van der Waals surface area contributed by atoms with E-state index in [1.54, 1.807) is 32.0 Å². The van der Waals surface area contributed by atoms with Crippen molar-refractivity contribution in [3.05, 3.63) is 41.2 Å². The molecule has 0 radical (unpaired) electrons. The third-order valence-corrected chi connectivity index (χ3v) is 5.61. The standard InChI is InChI=1S/C26H32ClNO8/c1-7-8-21(36-18-9-10-19(27)23(14-18)33-6)16(3)34-26(31)15(2)13-20(30)24-25(35-17(4)29)22(32-5)11-12-28-24/h9-12,14-16,21H,7-8,13H2,1-6H3/t15-,16+,21-/m1/s1. The first-order valence-corrected chi connectivity index (χ1v) is 11.9. The summed E-state index contributed by atoms with van der Waals surface area (Å²) < 4.78 is 27.3. The molecule has 36 heavy (non-hydrogen) atoms. The largest absolute Gasteiger partial charge is 0.495 e. The van der Waals surface area contributed by atoms with Gasteiger partial charge in [-0.3, -0.25) is 14.4 Å². The van der Waals surface area contributed by atoms with Crippen molar-refractivity contribution in [2.24, 2.45) is 5.92 Å². The maximum absolute atomic E-state index is 12.9. The highest BCUT2D eigenvalue weighted by molar-refractivity contribution is 6.32. The quantitative estimate of drug-likeness (QED) is 0.263. The van der Waals surface area contributed by atoms with E-state index in [0.29, 0.717) is 22.9 Å². The van der Waals surface area contributed by atoms with Gasteiger partial charge in [-0.05, 0) is 25.5 Å². The molecule has 0 aliphatic carbocycles. The molecular formula is C26H32ClNO8. The third-order valence-electron chi connectivity index (χ3n) is 5.30. The van der Waals surface area contributed by atoms with Crippen molar-refractivity contribution in [1.82, 2.24) is 4.98 Å². The molecule has 0 bridgehead atoms. The number of ether oxygens (including phenoxy) is 5. The number of Topliss-reactive ketones (excluding diaryl/α,β-unsaturated/α-hetero) is 1. The van der Waals surface area contributed by atoms with E-state index in [9.17, 15) is 14.4 Å². The predicted octanol–water partition coefficient (Wildman–Crippen LogP) is 5.07. The van der Waals surface area contributed by atoms with Gasteiger partial charge in [0.25, 0.3) is 0 Å². The lowest BCUT2D eigenvalue weighted by atomic mass is 10.0. The molecule has 2 aromatic rings. The van der Waals surface area contributed by atoms with Crippen molar-refractivity contribution in [2.75, 3.05) is 14.2 Å². The van der Waals surface area contributed by atoms with E-state index in [1.807, 2.05) is 6.92 Å². The van der Waals surface area contributed by atoms with Crippen molar-refractivity contribution in [3.8, 4) is 23.0 Å². The van der Waals surface area contributed by atoms with Crippen molar-refractivity contribution in [3.63, 3.8) is 0 Å². The molecule has 1 aromatic heterocycles. The van der Waals surface area contributed by atoms with Gasteiger partial charge < -0.3 is 23.7 Å². The lowest BCUT2D eigenvalue weighted by Gasteiger charge is -2.26. The first-order chi connectivity index (χ1) is 17.1. The molecule has 2 rings (SSSR count). The van der Waals surface area contributed by atoms with Gasteiger partial charge in [0.15, 0.2) is 17.2 Å². The fourth-order valence-electron chi connectivity index (χ4n) is 3.43. The van der Waals surface area contributed by atoms with Crippen molar-refractivity contribution in [1.29, 1.82) is 0 Å². The van der Waals surface area contributed by atoms with Crippen LogP contribution in [0.5, 0.6) is 23.0 Å². The number of pyridine rings is 1. The number of hydrogen-bond donors (Lipinski definition) is 0. The number of carbonyl (C=O) groups is 3. The highest BCUT2D eigenvalue weighted by atomic mass is 35.5. The Kier molecular flexibility index (Phi) is 11.0. The number of rotatable bonds is 13. The summed E-state index contributed by atoms with van der Waals surface area (Å²) in [5, 5.41) is 0.456. The van der Waals surface area contributed by atoms with Crippen LogP contribution in [0.4, 0.5) is 0 Å². The Hall–Kier alpha value is -3.33. The summed E-state index contributed by atoms with van der Waals surface area (Å²) in [5.74, 6) is -1.36. The topological polar surface area (TPSA) is 110 Å². The molecular weight excluding hydrogens is 490 g/mol. The van der Waals surface area contributed by atoms with Gasteiger partial charge in [0, 0.05) is 31.7 Å². The van der Waals surface area contributed by atoms with Crippen LogP contribution in [0.2, 0.25) is 5.02 Å². The van der Waals surface area contributed by atoms with Crippen LogP contribution in [0.1, 0.15) is 57.4 Å². The monoisotopic (exact) mass is 521 g/mol. The minimum atomic E-state index is -0.781. The molecule has 0 spiro atoms. The molecule has 1 heterocycles. The Bertz CT molecular complexity index is 1070. The Morgan fingerprint density at radius 3 is 2.36 bits per heavy atom. The van der Waals surface area contributed by atoms with Crippen molar-refractivity contribution < 1.29 is 38.1 Å². The normalized spacial score (nSPS) is 13.2. The third kappa shape index (κ3) is 7.84. The van der Waals surface area contributed by atoms with Crippen LogP contribution in [0.25, 0.3) is 0 Å². The molecule has 0 aliphatic rings. The summed E-state index contributed by atoms with van der Waals surface area (Å²) >= 11 is 6.08. The number of nitrogens with zero attached hydrogens (tertiary/aromatic N) is 1. The van der Waals surface area contributed by atoms with E-state index in [0.717, 1.165) is 6.42 Å². The predicted molar refractivity (Wildman–Crippen MR) is 133 cm³/mol. The second-order valence-corrected chi connectivity index (χ2v) is 8.60. The van der Waals surface area contributed by atoms with E-state index < -0.39 is 35.8 Å². The average Bonchev–Trinajstić information content (AvgIpc) is 2.84. The fourth-order valence-corrected chi connectivity index (χ4v) is 3.62. The fraction of sp³-hybridized carbons (Fsp3) is 0.462. The van der Waals surface area contributed by atoms with Crippen LogP contribution in [-0.2, 0) is 14.3 Å². The highest BCUT2D eigenvalue weighted by Crippen LogP contribution is 2.32. The van der Waals surface area contributed by atoms with Crippen LogP contribution in [0.3, 0.4) is 0 Å². The van der Waals surface area contributed by atoms with Gasteiger partial charge in [-0.15, -0.1) is 0 Å². The number of aromatic nitrogens is 1. The Labute approximate surface area is 216 Å². The Morgan fingerprint density at radius 2 is 1.75 bits per heavy atom. The molecule has 0 saturated carbocycles. The van der Waals surface area contributed by atoms with Crippen LogP contribution < -0.4 is 18.9 Å². The minimum absolute atomic E-state index is 0.0822. The molecule has 3 atom stereocenters. The van der Waals surface area contributed by atoms with Crippen molar-refractivity contribution >= 4 is 29.3 Å². The summed E-state index contributed by atoms with van der Waals surface area (Å²) in [4.78, 5) is 41.3. The average molecular weight is 522 g/mol. The number of hydrogen-bond acceptors (Lipinski definition) is 9. The zero-order valence-corrected chi connectivity index (χ0v) is 22.1. The van der Waals surface area contributed by atoms with Crippen LogP contribution in [0.15, 0.2) is 30.5 Å². The zero-order valence-electron chi connectivity index (χ0n) is 21.3. The van der Waals surface area contributed by atoms with Crippen LogP contribution in [-0.4, -0.2) is 49.1 Å². The first kappa shape index (κ1) is 28.9. The maximum Gasteiger partial charge on any atom is 0.309 e. The summed E-state index contributed by atoms with van der Waals surface area (Å²) in [6, 6.07) is 6.52. The minimum Gasteiger partial charge on any atom is -0.495 e. The molecule has 1 aromatic carbocycles. The molecule has 0 N–H and O–H groups in total. The smallest absolute Gasteiger partial charge is 0.309 e. The summed E-state index contributed by atoms with van der Waals surface area (Å²) in [6.45, 7) is 6.52. The van der Waals surface area contributed by atoms with Crippen LogP contribution >= 0.6 is 11.6 Å². The Balaban J connectivity index is 2.09. The van der Waals surface area contributed by atoms with E-state index in [4.69, 9.17) is 35.3 Å². The second-order valence-electron chi connectivity index (χ2n) is 8.20. The number of carbonyl (C=O) groups excluding carboxylic acids is 3. The van der Waals surface area contributed by atoms with E-state index in [2.05, 4.69) is 4.98 Å². The Morgan fingerprint density at radius 1 is 1.06 bits per heavy atom. The molecule has 0 amide bonds. The summed E-state index contributed by atoms with van der Waals surface area (Å²) in [7, 11) is 2.89. The molecule has 0 unspecified atom stereocenters. The van der Waals surface area contributed by atoms with E-state index >= 15 is 0 Å². The van der Waals surface area contributed by atoms with Crippen LogP contribution in [0, 0.1) is 5.92 Å². The summed E-state index contributed by atoms with van der Waals surface area (Å²) in [5.41, 5.74) is -0.0962. The summed E-state index contributed by atoms with van der Waals surface area (Å²) in [6.07, 6.45) is 1.57. The zero-order chi connectivity index (χ0) is 26.8. The first-order valence-electron chi connectivity index (χ1n) is 11.6. The molecule has 9 nitrogen and oxygen atoms in total. The lowest BCUT2D eigenvalue weighted by Crippen LogP contribution is -2.35. The number of methoxy groups -OCH3 is 2.